The maximum Gasteiger partial charge on any atom is 0.225 e. The lowest BCUT2D eigenvalue weighted by molar-refractivity contribution is 0.0193. The van der Waals surface area contributed by atoms with Crippen molar-refractivity contribution in [2.24, 2.45) is 0 Å². The Labute approximate surface area is 150 Å². The second-order valence-corrected chi connectivity index (χ2v) is 6.99. The van der Waals surface area contributed by atoms with Crippen LogP contribution in [0.3, 0.4) is 0 Å². The van der Waals surface area contributed by atoms with E-state index in [4.69, 9.17) is 10.5 Å². The van der Waals surface area contributed by atoms with Crippen LogP contribution in [0, 0.1) is 0 Å². The number of para-hydroxylation sites is 1. The lowest BCUT2D eigenvalue weighted by Gasteiger charge is -2.34. The van der Waals surface area contributed by atoms with Crippen LogP contribution in [0.15, 0.2) is 41.8 Å². The van der Waals surface area contributed by atoms with Gasteiger partial charge in [0.15, 0.2) is 0 Å². The Morgan fingerprint density at radius 2 is 2.00 bits per heavy atom. The molecule has 1 fully saturated rings. The first-order valence-corrected chi connectivity index (χ1v) is 9.30. The van der Waals surface area contributed by atoms with Crippen LogP contribution in [0.5, 0.6) is 0 Å². The van der Waals surface area contributed by atoms with E-state index in [1.165, 1.54) is 4.88 Å². The fraction of sp³-hybridized carbons (Fsp3) is 0.333. The van der Waals surface area contributed by atoms with Gasteiger partial charge in [0.05, 0.1) is 24.8 Å². The monoisotopic (exact) mass is 355 g/mol. The molecule has 1 aromatic carbocycles. The fourth-order valence-electron chi connectivity index (χ4n) is 3.15. The van der Waals surface area contributed by atoms with Crippen molar-refractivity contribution >= 4 is 34.0 Å². The molecule has 0 saturated carbocycles. The number of ether oxygens (including phenoxy) is 1. The quantitative estimate of drug-likeness (QED) is 0.733. The van der Waals surface area contributed by atoms with Crippen molar-refractivity contribution in [1.29, 1.82) is 0 Å². The smallest absolute Gasteiger partial charge is 0.225 e. The molecule has 0 radical (unpaired) electrons. The summed E-state index contributed by atoms with van der Waals surface area (Å²) >= 11 is 1.78. The van der Waals surface area contributed by atoms with Crippen LogP contribution in [-0.4, -0.2) is 47.7 Å². The average Bonchev–Trinajstić information content (AvgIpc) is 3.17. The van der Waals surface area contributed by atoms with E-state index in [0.717, 1.165) is 43.8 Å². The van der Waals surface area contributed by atoms with Gasteiger partial charge in [-0.25, -0.2) is 4.98 Å². The molecule has 0 aliphatic carbocycles. The summed E-state index contributed by atoms with van der Waals surface area (Å²) < 4.78 is 5.49. The molecule has 0 amide bonds. The standard InChI is InChI=1S/C18H21N5OS/c19-17-13-4-1-2-5-14(13)21-18(22-17)20-12-15(16-6-3-11-25-16)23-7-9-24-10-8-23/h1-6,11,15H,7-10,12H2,(H3,19,20,21,22). The van der Waals surface area contributed by atoms with Crippen molar-refractivity contribution in [1.82, 2.24) is 14.9 Å². The number of anilines is 2. The average molecular weight is 355 g/mol. The van der Waals surface area contributed by atoms with Gasteiger partial charge in [-0.15, -0.1) is 11.3 Å². The van der Waals surface area contributed by atoms with Crippen LogP contribution in [0.25, 0.3) is 10.9 Å². The van der Waals surface area contributed by atoms with E-state index in [2.05, 4.69) is 37.7 Å². The van der Waals surface area contributed by atoms with Gasteiger partial charge in [0.25, 0.3) is 0 Å². The third kappa shape index (κ3) is 3.58. The number of benzene rings is 1. The van der Waals surface area contributed by atoms with Crippen LogP contribution >= 0.6 is 11.3 Å². The van der Waals surface area contributed by atoms with E-state index in [1.54, 1.807) is 11.3 Å². The molecule has 1 unspecified atom stereocenters. The number of nitrogens with one attached hydrogen (secondary N) is 1. The molecule has 3 N–H and O–H groups in total. The molecule has 1 atom stereocenters. The molecule has 25 heavy (non-hydrogen) atoms. The highest BCUT2D eigenvalue weighted by Crippen LogP contribution is 2.27. The van der Waals surface area contributed by atoms with E-state index in [9.17, 15) is 0 Å². The van der Waals surface area contributed by atoms with Gasteiger partial charge in [0.2, 0.25) is 5.95 Å². The lowest BCUT2D eigenvalue weighted by atomic mass is 10.2. The second kappa shape index (κ2) is 7.35. The van der Waals surface area contributed by atoms with E-state index < -0.39 is 0 Å². The van der Waals surface area contributed by atoms with Crippen LogP contribution in [0.4, 0.5) is 11.8 Å². The Hall–Kier alpha value is -2.22. The first-order chi connectivity index (χ1) is 12.3. The zero-order chi connectivity index (χ0) is 17.1. The molecular weight excluding hydrogens is 334 g/mol. The first kappa shape index (κ1) is 16.3. The third-order valence-corrected chi connectivity index (χ3v) is 5.42. The molecular formula is C18H21N5OS. The highest BCUT2D eigenvalue weighted by molar-refractivity contribution is 7.10. The SMILES string of the molecule is Nc1nc(NCC(c2cccs2)N2CCOCC2)nc2ccccc12. The molecule has 4 rings (SSSR count). The van der Waals surface area contributed by atoms with E-state index >= 15 is 0 Å². The van der Waals surface area contributed by atoms with Crippen molar-refractivity contribution < 1.29 is 4.74 Å². The van der Waals surface area contributed by atoms with Crippen molar-refractivity contribution in [3.8, 4) is 0 Å². The molecule has 1 aliphatic heterocycles. The van der Waals surface area contributed by atoms with Crippen LogP contribution in [0.1, 0.15) is 10.9 Å². The Morgan fingerprint density at radius 1 is 1.16 bits per heavy atom. The normalized spacial score (nSPS) is 16.8. The third-order valence-electron chi connectivity index (χ3n) is 4.44. The number of nitrogen functional groups attached to an aromatic ring is 1. The minimum atomic E-state index is 0.278. The highest BCUT2D eigenvalue weighted by atomic mass is 32.1. The number of rotatable bonds is 5. The van der Waals surface area contributed by atoms with Crippen molar-refractivity contribution in [2.45, 2.75) is 6.04 Å². The van der Waals surface area contributed by atoms with Gasteiger partial charge in [-0.3, -0.25) is 4.90 Å². The van der Waals surface area contributed by atoms with Crippen molar-refractivity contribution in [3.63, 3.8) is 0 Å². The summed E-state index contributed by atoms with van der Waals surface area (Å²) in [6.45, 7) is 4.16. The van der Waals surface area contributed by atoms with Crippen molar-refractivity contribution in [3.05, 3.63) is 46.7 Å². The molecule has 0 spiro atoms. The predicted octanol–water partition coefficient (Wildman–Crippen LogP) is 2.76. The van der Waals surface area contributed by atoms with Crippen LogP contribution in [0.2, 0.25) is 0 Å². The summed E-state index contributed by atoms with van der Waals surface area (Å²) in [4.78, 5) is 12.8. The number of hydrogen-bond donors (Lipinski definition) is 2. The summed E-state index contributed by atoms with van der Waals surface area (Å²) in [7, 11) is 0. The number of hydrogen-bond acceptors (Lipinski definition) is 7. The van der Waals surface area contributed by atoms with Gasteiger partial charge in [-0.05, 0) is 23.6 Å². The number of fused-ring (bicyclic) bond motifs is 1. The molecule has 1 aliphatic rings. The Balaban J connectivity index is 1.54. The Morgan fingerprint density at radius 3 is 2.80 bits per heavy atom. The fourth-order valence-corrected chi connectivity index (χ4v) is 4.01. The molecule has 3 aromatic rings. The molecule has 3 heterocycles. The van der Waals surface area contributed by atoms with E-state index in [1.807, 2.05) is 24.3 Å². The zero-order valence-corrected chi connectivity index (χ0v) is 14.7. The number of thiophene rings is 1. The van der Waals surface area contributed by atoms with Gasteiger partial charge < -0.3 is 15.8 Å². The van der Waals surface area contributed by atoms with Crippen LogP contribution < -0.4 is 11.1 Å². The maximum atomic E-state index is 6.08. The molecule has 2 aromatic heterocycles. The van der Waals surface area contributed by atoms with Gasteiger partial charge in [0.1, 0.15) is 5.82 Å². The molecule has 7 heteroatoms. The van der Waals surface area contributed by atoms with Crippen LogP contribution in [-0.2, 0) is 4.74 Å². The highest BCUT2D eigenvalue weighted by Gasteiger charge is 2.23. The summed E-state index contributed by atoms with van der Waals surface area (Å²) in [5.74, 6) is 1.08. The minimum Gasteiger partial charge on any atom is -0.383 e. The Bertz CT molecular complexity index is 833. The van der Waals surface area contributed by atoms with E-state index in [0.29, 0.717) is 11.8 Å². The number of nitrogens with two attached hydrogens (primary N) is 1. The minimum absolute atomic E-state index is 0.278. The van der Waals surface area contributed by atoms with Gasteiger partial charge in [-0.2, -0.15) is 4.98 Å². The summed E-state index contributed by atoms with van der Waals surface area (Å²) in [5, 5.41) is 6.39. The first-order valence-electron chi connectivity index (χ1n) is 8.42. The molecule has 0 bridgehead atoms. The number of nitrogens with zero attached hydrogens (tertiary/aromatic N) is 3. The van der Waals surface area contributed by atoms with Gasteiger partial charge >= 0.3 is 0 Å². The zero-order valence-electron chi connectivity index (χ0n) is 13.9. The predicted molar refractivity (Wildman–Crippen MR) is 102 cm³/mol. The molecule has 130 valence electrons. The Kier molecular flexibility index (Phi) is 4.78. The molecule has 1 saturated heterocycles. The van der Waals surface area contributed by atoms with Gasteiger partial charge in [0, 0.05) is 29.9 Å². The van der Waals surface area contributed by atoms with E-state index in [-0.39, 0.29) is 6.04 Å². The molecule has 6 nitrogen and oxygen atoms in total. The second-order valence-electron chi connectivity index (χ2n) is 6.01. The van der Waals surface area contributed by atoms with Gasteiger partial charge in [-0.1, -0.05) is 18.2 Å². The largest absolute Gasteiger partial charge is 0.383 e. The summed E-state index contributed by atoms with van der Waals surface area (Å²) in [5.41, 5.74) is 6.94. The maximum absolute atomic E-state index is 6.08. The summed E-state index contributed by atoms with van der Waals surface area (Å²) in [6.07, 6.45) is 0. The van der Waals surface area contributed by atoms with Crippen molar-refractivity contribution in [2.75, 3.05) is 43.9 Å². The summed E-state index contributed by atoms with van der Waals surface area (Å²) in [6, 6.07) is 12.4. The topological polar surface area (TPSA) is 76.3 Å². The number of aromatic nitrogens is 2. The number of morpholine rings is 1. The lowest BCUT2D eigenvalue weighted by Crippen LogP contribution is -2.41.